The monoisotopic (exact) mass is 370 g/mol. The molecular formula is C20H26N4O3. The van der Waals surface area contributed by atoms with E-state index < -0.39 is 5.69 Å². The summed E-state index contributed by atoms with van der Waals surface area (Å²) in [6, 6.07) is 8.16. The summed E-state index contributed by atoms with van der Waals surface area (Å²) in [4.78, 5) is 29.3. The highest BCUT2D eigenvalue weighted by molar-refractivity contribution is 5.72. The molecule has 0 atom stereocenters. The van der Waals surface area contributed by atoms with E-state index in [1.54, 1.807) is 11.6 Å². The third-order valence-corrected chi connectivity index (χ3v) is 4.69. The second-order valence-corrected chi connectivity index (χ2v) is 7.80. The summed E-state index contributed by atoms with van der Waals surface area (Å²) >= 11 is 0. The topological polar surface area (TPSA) is 71.1 Å². The Bertz CT molecular complexity index is 1100. The number of imidazole rings is 1. The summed E-state index contributed by atoms with van der Waals surface area (Å²) in [7, 11) is 3.08. The first-order chi connectivity index (χ1) is 12.6. The predicted molar refractivity (Wildman–Crippen MR) is 106 cm³/mol. The van der Waals surface area contributed by atoms with Crippen LogP contribution in [0.3, 0.4) is 0 Å². The highest BCUT2D eigenvalue weighted by Gasteiger charge is 2.20. The van der Waals surface area contributed by atoms with Crippen LogP contribution in [0.25, 0.3) is 11.2 Å². The molecule has 0 aliphatic rings. The SMILES string of the molecule is CCCn1c(Oc2ccc(C(C)(C)C)cc2)nc2c1c(=O)n(C)c(=O)n2C. The van der Waals surface area contributed by atoms with Crippen LogP contribution < -0.4 is 16.0 Å². The van der Waals surface area contributed by atoms with E-state index in [1.807, 2.05) is 31.2 Å². The number of hydrogen-bond donors (Lipinski definition) is 0. The van der Waals surface area contributed by atoms with Gasteiger partial charge in [0.1, 0.15) is 5.75 Å². The summed E-state index contributed by atoms with van der Waals surface area (Å²) in [6.07, 6.45) is 0.802. The van der Waals surface area contributed by atoms with Crippen LogP contribution in [0, 0.1) is 0 Å². The van der Waals surface area contributed by atoms with Gasteiger partial charge in [0.15, 0.2) is 11.2 Å². The quantitative estimate of drug-likeness (QED) is 0.708. The Labute approximate surface area is 157 Å². The molecule has 0 saturated heterocycles. The van der Waals surface area contributed by atoms with E-state index in [4.69, 9.17) is 4.74 Å². The van der Waals surface area contributed by atoms with Crippen molar-refractivity contribution in [3.05, 3.63) is 50.7 Å². The van der Waals surface area contributed by atoms with E-state index in [0.29, 0.717) is 29.5 Å². The molecule has 0 bridgehead atoms. The summed E-state index contributed by atoms with van der Waals surface area (Å²) in [5, 5.41) is 0. The highest BCUT2D eigenvalue weighted by atomic mass is 16.5. The van der Waals surface area contributed by atoms with Gasteiger partial charge < -0.3 is 4.74 Å². The molecule has 27 heavy (non-hydrogen) atoms. The molecule has 0 aliphatic heterocycles. The normalized spacial score (nSPS) is 11.9. The van der Waals surface area contributed by atoms with Gasteiger partial charge in [-0.3, -0.25) is 18.5 Å². The third kappa shape index (κ3) is 3.29. The Morgan fingerprint density at radius 3 is 2.22 bits per heavy atom. The zero-order chi connectivity index (χ0) is 19.9. The van der Waals surface area contributed by atoms with Crippen molar-refractivity contribution in [2.45, 2.75) is 46.1 Å². The van der Waals surface area contributed by atoms with Crippen LogP contribution in [0.2, 0.25) is 0 Å². The summed E-state index contributed by atoms with van der Waals surface area (Å²) in [6.45, 7) is 9.04. The lowest BCUT2D eigenvalue weighted by Gasteiger charge is -2.19. The van der Waals surface area contributed by atoms with Gasteiger partial charge >= 0.3 is 11.7 Å². The number of aromatic nitrogens is 4. The molecular weight excluding hydrogens is 344 g/mol. The Hall–Kier alpha value is -2.83. The van der Waals surface area contributed by atoms with Gasteiger partial charge in [-0.2, -0.15) is 4.98 Å². The molecule has 0 amide bonds. The highest BCUT2D eigenvalue weighted by Crippen LogP contribution is 2.28. The number of ether oxygens (including phenoxy) is 1. The van der Waals surface area contributed by atoms with Gasteiger partial charge in [-0.15, -0.1) is 0 Å². The van der Waals surface area contributed by atoms with Crippen molar-refractivity contribution in [2.75, 3.05) is 0 Å². The van der Waals surface area contributed by atoms with E-state index in [2.05, 4.69) is 25.8 Å². The number of aryl methyl sites for hydroxylation is 2. The minimum absolute atomic E-state index is 0.0539. The Balaban J connectivity index is 2.13. The van der Waals surface area contributed by atoms with Gasteiger partial charge in [0.25, 0.3) is 5.56 Å². The van der Waals surface area contributed by atoms with E-state index in [-0.39, 0.29) is 11.0 Å². The molecule has 0 unspecified atom stereocenters. The summed E-state index contributed by atoms with van der Waals surface area (Å²) in [5.41, 5.74) is 1.19. The van der Waals surface area contributed by atoms with Crippen molar-refractivity contribution in [1.82, 2.24) is 18.7 Å². The fraction of sp³-hybridized carbons (Fsp3) is 0.450. The minimum Gasteiger partial charge on any atom is -0.425 e. The van der Waals surface area contributed by atoms with Crippen LogP contribution >= 0.6 is 0 Å². The standard InChI is InChI=1S/C20H26N4O3/c1-7-12-24-15-16(22(5)19(26)23(6)17(15)25)21-18(24)27-14-10-8-13(9-11-14)20(2,3)4/h8-11H,7,12H2,1-6H3. The fourth-order valence-electron chi connectivity index (χ4n) is 3.06. The van der Waals surface area contributed by atoms with Gasteiger partial charge in [-0.25, -0.2) is 4.79 Å². The molecule has 3 rings (SSSR count). The zero-order valence-electron chi connectivity index (χ0n) is 16.7. The van der Waals surface area contributed by atoms with Crippen LogP contribution in [0.1, 0.15) is 39.7 Å². The Morgan fingerprint density at radius 1 is 1.04 bits per heavy atom. The molecule has 7 heteroatoms. The average molecular weight is 370 g/mol. The number of fused-ring (bicyclic) bond motifs is 1. The summed E-state index contributed by atoms with van der Waals surface area (Å²) < 4.78 is 10.2. The maximum absolute atomic E-state index is 12.7. The lowest BCUT2D eigenvalue weighted by Crippen LogP contribution is -2.37. The fourth-order valence-corrected chi connectivity index (χ4v) is 3.06. The van der Waals surface area contributed by atoms with Crippen LogP contribution in [-0.4, -0.2) is 18.7 Å². The van der Waals surface area contributed by atoms with Crippen LogP contribution in [0.15, 0.2) is 33.9 Å². The molecule has 0 aliphatic carbocycles. The molecule has 2 aromatic heterocycles. The molecule has 0 radical (unpaired) electrons. The lowest BCUT2D eigenvalue weighted by molar-refractivity contribution is 0.413. The molecule has 1 aromatic carbocycles. The van der Waals surface area contributed by atoms with Crippen molar-refractivity contribution in [1.29, 1.82) is 0 Å². The van der Waals surface area contributed by atoms with Gasteiger partial charge in [0.2, 0.25) is 0 Å². The number of rotatable bonds is 4. The van der Waals surface area contributed by atoms with Crippen molar-refractivity contribution in [3.63, 3.8) is 0 Å². The second-order valence-electron chi connectivity index (χ2n) is 7.80. The molecule has 0 spiro atoms. The van der Waals surface area contributed by atoms with Crippen molar-refractivity contribution < 1.29 is 4.74 Å². The first-order valence-electron chi connectivity index (χ1n) is 9.09. The molecule has 0 fully saturated rings. The predicted octanol–water partition coefficient (Wildman–Crippen LogP) is 2.93. The van der Waals surface area contributed by atoms with Gasteiger partial charge in [-0.05, 0) is 29.5 Å². The van der Waals surface area contributed by atoms with E-state index in [1.165, 1.54) is 17.2 Å². The van der Waals surface area contributed by atoms with Crippen LogP contribution in [-0.2, 0) is 26.1 Å². The Kier molecular flexibility index (Phi) is 4.71. The number of hydrogen-bond acceptors (Lipinski definition) is 4. The molecule has 0 N–H and O–H groups in total. The summed E-state index contributed by atoms with van der Waals surface area (Å²) in [5.74, 6) is 0.637. The maximum atomic E-state index is 12.7. The van der Waals surface area contributed by atoms with Gasteiger partial charge in [0.05, 0.1) is 0 Å². The van der Waals surface area contributed by atoms with Gasteiger partial charge in [0, 0.05) is 20.6 Å². The third-order valence-electron chi connectivity index (χ3n) is 4.69. The smallest absolute Gasteiger partial charge is 0.332 e. The van der Waals surface area contributed by atoms with E-state index in [0.717, 1.165) is 11.0 Å². The lowest BCUT2D eigenvalue weighted by atomic mass is 9.87. The number of nitrogens with zero attached hydrogens (tertiary/aromatic N) is 4. The molecule has 0 saturated carbocycles. The van der Waals surface area contributed by atoms with Crippen LogP contribution in [0.4, 0.5) is 0 Å². The zero-order valence-corrected chi connectivity index (χ0v) is 16.7. The first-order valence-corrected chi connectivity index (χ1v) is 9.09. The molecule has 2 heterocycles. The number of benzene rings is 1. The van der Waals surface area contributed by atoms with E-state index in [9.17, 15) is 9.59 Å². The van der Waals surface area contributed by atoms with E-state index >= 15 is 0 Å². The second kappa shape index (κ2) is 6.72. The van der Waals surface area contributed by atoms with Crippen LogP contribution in [0.5, 0.6) is 11.8 Å². The van der Waals surface area contributed by atoms with Crippen molar-refractivity contribution in [3.8, 4) is 11.8 Å². The van der Waals surface area contributed by atoms with Crippen molar-refractivity contribution in [2.24, 2.45) is 14.1 Å². The molecule has 3 aromatic rings. The maximum Gasteiger partial charge on any atom is 0.332 e. The largest absolute Gasteiger partial charge is 0.425 e. The molecule has 144 valence electrons. The Morgan fingerprint density at radius 2 is 1.67 bits per heavy atom. The van der Waals surface area contributed by atoms with Crippen molar-refractivity contribution >= 4 is 11.2 Å². The minimum atomic E-state index is -0.408. The average Bonchev–Trinajstić information content (AvgIpc) is 2.96. The first kappa shape index (κ1) is 18.9. The molecule has 7 nitrogen and oxygen atoms in total. The van der Waals surface area contributed by atoms with Gasteiger partial charge in [-0.1, -0.05) is 39.8 Å².